The summed E-state index contributed by atoms with van der Waals surface area (Å²) in [5.41, 5.74) is 1.56. The van der Waals surface area contributed by atoms with Gasteiger partial charge in [-0.2, -0.15) is 0 Å². The predicted molar refractivity (Wildman–Crippen MR) is 76.4 cm³/mol. The van der Waals surface area contributed by atoms with Gasteiger partial charge in [0.15, 0.2) is 12.0 Å². The molecule has 0 bridgehead atoms. The van der Waals surface area contributed by atoms with Gasteiger partial charge in [-0.05, 0) is 30.3 Å². The molecule has 1 aliphatic heterocycles. The van der Waals surface area contributed by atoms with E-state index in [2.05, 4.69) is 4.98 Å². The van der Waals surface area contributed by atoms with E-state index >= 15 is 0 Å². The van der Waals surface area contributed by atoms with Gasteiger partial charge in [-0.15, -0.1) is 0 Å². The zero-order chi connectivity index (χ0) is 16.0. The highest BCUT2D eigenvalue weighted by atomic mass is 16.7. The van der Waals surface area contributed by atoms with Crippen LogP contribution in [0.25, 0.3) is 11.1 Å². The first-order valence-electron chi connectivity index (χ1n) is 6.68. The lowest BCUT2D eigenvalue weighted by Gasteiger charge is -2.12. The average Bonchev–Trinajstić information content (AvgIpc) is 3.13. The molecule has 0 saturated heterocycles. The number of imide groups is 1. The van der Waals surface area contributed by atoms with Crippen LogP contribution in [-0.2, 0) is 4.84 Å². The maximum atomic E-state index is 12.2. The van der Waals surface area contributed by atoms with Crippen LogP contribution in [0.1, 0.15) is 31.1 Å². The van der Waals surface area contributed by atoms with Crippen LogP contribution < -0.4 is 0 Å². The average molecular weight is 308 g/mol. The van der Waals surface area contributed by atoms with E-state index in [1.54, 1.807) is 18.2 Å². The van der Waals surface area contributed by atoms with Crippen LogP contribution >= 0.6 is 0 Å². The standard InChI is InChI=1S/C16H8N2O5/c19-14-10-3-1-2-4-11(10)15(20)18(14)23-16(21)9-5-6-13-12(7-9)17-8-22-13/h1-8H. The van der Waals surface area contributed by atoms with Crippen LogP contribution in [0.15, 0.2) is 53.3 Å². The Balaban J connectivity index is 1.62. The second kappa shape index (κ2) is 4.77. The molecular formula is C16H8N2O5. The number of aromatic nitrogens is 1. The molecule has 0 saturated carbocycles. The molecule has 23 heavy (non-hydrogen) atoms. The second-order valence-corrected chi connectivity index (χ2v) is 4.86. The molecule has 0 atom stereocenters. The van der Waals surface area contributed by atoms with Crippen LogP contribution in [0.5, 0.6) is 0 Å². The Morgan fingerprint density at radius 3 is 2.43 bits per heavy atom. The van der Waals surface area contributed by atoms with Crippen molar-refractivity contribution < 1.29 is 23.6 Å². The quantitative estimate of drug-likeness (QED) is 0.674. The fourth-order valence-electron chi connectivity index (χ4n) is 2.37. The Labute approximate surface area is 129 Å². The topological polar surface area (TPSA) is 89.7 Å². The molecule has 0 N–H and O–H groups in total. The predicted octanol–water partition coefficient (Wildman–Crippen LogP) is 2.20. The van der Waals surface area contributed by atoms with E-state index in [1.807, 2.05) is 0 Å². The molecule has 0 unspecified atom stereocenters. The Morgan fingerprint density at radius 2 is 1.74 bits per heavy atom. The number of fused-ring (bicyclic) bond motifs is 2. The molecular weight excluding hydrogens is 300 g/mol. The summed E-state index contributed by atoms with van der Waals surface area (Å²) in [7, 11) is 0. The SMILES string of the molecule is O=C(ON1C(=O)c2ccccc2C1=O)c1ccc2ocnc2c1. The van der Waals surface area contributed by atoms with Crippen molar-refractivity contribution in [2.75, 3.05) is 0 Å². The highest BCUT2D eigenvalue weighted by Crippen LogP contribution is 2.23. The minimum absolute atomic E-state index is 0.156. The van der Waals surface area contributed by atoms with Crippen LogP contribution in [-0.4, -0.2) is 27.8 Å². The van der Waals surface area contributed by atoms with E-state index < -0.39 is 17.8 Å². The number of nitrogens with zero attached hydrogens (tertiary/aromatic N) is 2. The van der Waals surface area contributed by atoms with E-state index in [4.69, 9.17) is 9.25 Å². The number of hydrogen-bond donors (Lipinski definition) is 0. The second-order valence-electron chi connectivity index (χ2n) is 4.86. The van der Waals surface area contributed by atoms with Crippen LogP contribution in [0.4, 0.5) is 0 Å². The van der Waals surface area contributed by atoms with Crippen molar-refractivity contribution in [2.24, 2.45) is 0 Å². The number of carbonyl (C=O) groups is 3. The molecule has 1 aromatic heterocycles. The van der Waals surface area contributed by atoms with Gasteiger partial charge in [0.05, 0.1) is 16.7 Å². The van der Waals surface area contributed by atoms with Gasteiger partial charge in [-0.3, -0.25) is 9.59 Å². The van der Waals surface area contributed by atoms with Crippen molar-refractivity contribution in [1.29, 1.82) is 0 Å². The summed E-state index contributed by atoms with van der Waals surface area (Å²) in [6.07, 6.45) is 1.25. The lowest BCUT2D eigenvalue weighted by Crippen LogP contribution is -2.32. The van der Waals surface area contributed by atoms with Crippen molar-refractivity contribution >= 4 is 28.9 Å². The number of amides is 2. The number of hydroxylamine groups is 2. The monoisotopic (exact) mass is 308 g/mol. The summed E-state index contributed by atoms with van der Waals surface area (Å²) in [4.78, 5) is 45.4. The lowest BCUT2D eigenvalue weighted by molar-refractivity contribution is -0.0584. The first kappa shape index (κ1) is 13.2. The highest BCUT2D eigenvalue weighted by molar-refractivity contribution is 6.21. The fraction of sp³-hybridized carbons (Fsp3) is 0. The van der Waals surface area contributed by atoms with E-state index in [0.29, 0.717) is 16.2 Å². The van der Waals surface area contributed by atoms with Gasteiger partial charge in [0, 0.05) is 0 Å². The van der Waals surface area contributed by atoms with Gasteiger partial charge < -0.3 is 9.25 Å². The lowest BCUT2D eigenvalue weighted by atomic mass is 10.1. The number of carbonyl (C=O) groups excluding carboxylic acids is 3. The van der Waals surface area contributed by atoms with Crippen molar-refractivity contribution in [2.45, 2.75) is 0 Å². The normalized spacial score (nSPS) is 13.5. The van der Waals surface area contributed by atoms with Crippen molar-refractivity contribution in [1.82, 2.24) is 10.0 Å². The molecule has 7 nitrogen and oxygen atoms in total. The Kier molecular flexibility index (Phi) is 2.74. The Morgan fingerprint density at radius 1 is 1.04 bits per heavy atom. The molecule has 2 heterocycles. The fourth-order valence-corrected chi connectivity index (χ4v) is 2.37. The first-order chi connectivity index (χ1) is 11.1. The van der Waals surface area contributed by atoms with Crippen LogP contribution in [0.3, 0.4) is 0 Å². The van der Waals surface area contributed by atoms with Gasteiger partial charge in [0.25, 0.3) is 11.8 Å². The molecule has 112 valence electrons. The van der Waals surface area contributed by atoms with Gasteiger partial charge in [-0.1, -0.05) is 17.2 Å². The minimum Gasteiger partial charge on any atom is -0.443 e. The van der Waals surface area contributed by atoms with E-state index in [-0.39, 0.29) is 16.7 Å². The first-order valence-corrected chi connectivity index (χ1v) is 6.68. The summed E-state index contributed by atoms with van der Waals surface area (Å²) in [5.74, 6) is -2.16. The molecule has 0 aliphatic carbocycles. The van der Waals surface area contributed by atoms with E-state index in [1.165, 1.54) is 30.7 Å². The maximum absolute atomic E-state index is 12.2. The third-order valence-corrected chi connectivity index (χ3v) is 3.50. The molecule has 2 aromatic carbocycles. The molecule has 1 aliphatic rings. The Hall–Kier alpha value is -3.48. The molecule has 0 radical (unpaired) electrons. The zero-order valence-corrected chi connectivity index (χ0v) is 11.6. The summed E-state index contributed by atoms with van der Waals surface area (Å²) >= 11 is 0. The van der Waals surface area contributed by atoms with Crippen molar-refractivity contribution in [3.63, 3.8) is 0 Å². The molecule has 4 rings (SSSR count). The number of oxazole rings is 1. The van der Waals surface area contributed by atoms with Crippen LogP contribution in [0.2, 0.25) is 0 Å². The molecule has 0 fully saturated rings. The van der Waals surface area contributed by atoms with E-state index in [9.17, 15) is 14.4 Å². The summed E-state index contributed by atoms with van der Waals surface area (Å²) in [6, 6.07) is 10.8. The summed E-state index contributed by atoms with van der Waals surface area (Å²) < 4.78 is 5.08. The number of hydrogen-bond acceptors (Lipinski definition) is 6. The number of rotatable bonds is 2. The molecule has 0 spiro atoms. The Bertz CT molecular complexity index is 940. The molecule has 7 heteroatoms. The molecule has 3 aromatic rings. The number of benzene rings is 2. The van der Waals surface area contributed by atoms with Gasteiger partial charge >= 0.3 is 5.97 Å². The van der Waals surface area contributed by atoms with Crippen molar-refractivity contribution in [3.05, 3.63) is 65.5 Å². The minimum atomic E-state index is -0.829. The van der Waals surface area contributed by atoms with Gasteiger partial charge in [-0.25, -0.2) is 9.78 Å². The zero-order valence-electron chi connectivity index (χ0n) is 11.6. The molecule has 2 amide bonds. The van der Waals surface area contributed by atoms with Gasteiger partial charge in [0.2, 0.25) is 0 Å². The van der Waals surface area contributed by atoms with Crippen molar-refractivity contribution in [3.8, 4) is 0 Å². The smallest absolute Gasteiger partial charge is 0.364 e. The highest BCUT2D eigenvalue weighted by Gasteiger charge is 2.38. The maximum Gasteiger partial charge on any atom is 0.364 e. The third-order valence-electron chi connectivity index (χ3n) is 3.50. The summed E-state index contributed by atoms with van der Waals surface area (Å²) in [6.45, 7) is 0. The third kappa shape index (κ3) is 1.98. The summed E-state index contributed by atoms with van der Waals surface area (Å²) in [5, 5.41) is 0.472. The van der Waals surface area contributed by atoms with E-state index in [0.717, 1.165) is 0 Å². The van der Waals surface area contributed by atoms with Crippen LogP contribution in [0, 0.1) is 0 Å². The van der Waals surface area contributed by atoms with Gasteiger partial charge in [0.1, 0.15) is 5.52 Å². The largest absolute Gasteiger partial charge is 0.443 e.